The number of rotatable bonds is 3. The monoisotopic (exact) mass is 232 g/mol. The van der Waals surface area contributed by atoms with Crippen molar-refractivity contribution in [3.63, 3.8) is 0 Å². The molecule has 0 fully saturated rings. The average molecular weight is 233 g/mol. The predicted octanol–water partition coefficient (Wildman–Crippen LogP) is 1.96. The number of halogens is 1. The molecule has 0 aliphatic rings. The van der Waals surface area contributed by atoms with E-state index in [0.717, 1.165) is 17.8 Å². The first-order chi connectivity index (χ1) is 7.83. The summed E-state index contributed by atoms with van der Waals surface area (Å²) in [4.78, 5) is 3.02. The van der Waals surface area contributed by atoms with Crippen LogP contribution in [0.3, 0.4) is 0 Å². The third kappa shape index (κ3) is 2.23. The lowest BCUT2D eigenvalue weighted by Crippen LogP contribution is -2.35. The maximum absolute atomic E-state index is 8.69. The topological polar surface area (TPSA) is 43.5 Å². The van der Waals surface area contributed by atoms with Crippen LogP contribution in [-0.2, 0) is 12.4 Å². The highest BCUT2D eigenvalue weighted by Crippen LogP contribution is 2.04. The van der Waals surface area contributed by atoms with Crippen molar-refractivity contribution >= 4 is 11.6 Å². The Kier molecular flexibility index (Phi) is 3.23. The van der Waals surface area contributed by atoms with E-state index >= 15 is 0 Å². The molecular formula is C12H11ClN3+. The molecule has 16 heavy (non-hydrogen) atoms. The largest absolute Gasteiger partial charge is 0.250 e. The van der Waals surface area contributed by atoms with Crippen molar-refractivity contribution in [2.24, 2.45) is 0 Å². The van der Waals surface area contributed by atoms with E-state index in [1.807, 2.05) is 41.4 Å². The average Bonchev–Trinajstić information content (AvgIpc) is 2.77. The lowest BCUT2D eigenvalue weighted by Gasteiger charge is -2.00. The number of hydrogen-bond acceptors (Lipinski definition) is 1. The van der Waals surface area contributed by atoms with E-state index in [-0.39, 0.29) is 0 Å². The third-order valence-electron chi connectivity index (χ3n) is 2.42. The Bertz CT molecular complexity index is 508. The van der Waals surface area contributed by atoms with Gasteiger partial charge in [-0.2, -0.15) is 5.26 Å². The minimum Gasteiger partial charge on any atom is -0.250 e. The number of H-pyrrole nitrogens is 1. The molecule has 0 unspecified atom stereocenters. The first kappa shape index (κ1) is 10.7. The van der Waals surface area contributed by atoms with E-state index in [4.69, 9.17) is 16.9 Å². The maximum atomic E-state index is 8.69. The van der Waals surface area contributed by atoms with Crippen LogP contribution in [0.25, 0.3) is 0 Å². The Morgan fingerprint density at radius 3 is 2.69 bits per heavy atom. The van der Waals surface area contributed by atoms with E-state index in [1.165, 1.54) is 0 Å². The number of nitrogens with zero attached hydrogens (tertiary/aromatic N) is 2. The number of nitrogens with one attached hydrogen (secondary N) is 1. The number of alkyl halides is 1. The second-order valence-electron chi connectivity index (χ2n) is 3.50. The van der Waals surface area contributed by atoms with Gasteiger partial charge in [0.1, 0.15) is 12.7 Å². The molecule has 0 spiro atoms. The van der Waals surface area contributed by atoms with Crippen LogP contribution in [0.15, 0.2) is 36.8 Å². The fourth-order valence-corrected chi connectivity index (χ4v) is 1.76. The molecule has 2 rings (SSSR count). The minimum atomic E-state index is 0.486. The Hall–Kier alpha value is -1.79. The molecule has 3 nitrogen and oxygen atoms in total. The molecule has 0 aliphatic carbocycles. The van der Waals surface area contributed by atoms with Crippen LogP contribution < -0.4 is 4.57 Å². The van der Waals surface area contributed by atoms with E-state index < -0.39 is 0 Å². The second-order valence-corrected chi connectivity index (χ2v) is 3.77. The van der Waals surface area contributed by atoms with Crippen LogP contribution >= 0.6 is 11.6 Å². The first-order valence-corrected chi connectivity index (χ1v) is 5.47. The van der Waals surface area contributed by atoms with E-state index in [1.54, 1.807) is 0 Å². The second kappa shape index (κ2) is 4.82. The van der Waals surface area contributed by atoms with Gasteiger partial charge < -0.3 is 0 Å². The van der Waals surface area contributed by atoms with E-state index in [0.29, 0.717) is 11.4 Å². The summed E-state index contributed by atoms with van der Waals surface area (Å²) in [7, 11) is 0. The lowest BCUT2D eigenvalue weighted by atomic mass is 10.1. The van der Waals surface area contributed by atoms with Crippen molar-refractivity contribution in [3.8, 4) is 6.07 Å². The number of nitriles is 1. The van der Waals surface area contributed by atoms with Gasteiger partial charge in [0.2, 0.25) is 6.33 Å². The number of imidazole rings is 1. The zero-order chi connectivity index (χ0) is 11.4. The van der Waals surface area contributed by atoms with Crippen molar-refractivity contribution < 1.29 is 4.57 Å². The summed E-state index contributed by atoms with van der Waals surface area (Å²) >= 11 is 5.80. The zero-order valence-electron chi connectivity index (χ0n) is 8.65. The molecule has 0 saturated heterocycles. The molecule has 4 heteroatoms. The summed E-state index contributed by atoms with van der Waals surface area (Å²) in [6, 6.07) is 9.66. The number of aromatic nitrogens is 2. The molecule has 1 aromatic carbocycles. The molecule has 0 radical (unpaired) electrons. The van der Waals surface area contributed by atoms with Gasteiger partial charge in [0.25, 0.3) is 0 Å². The van der Waals surface area contributed by atoms with Gasteiger partial charge in [0.05, 0.1) is 17.5 Å². The standard InChI is InChI=1S/C12H10ClN3/c13-5-12-7-15-9-16(12)8-11-3-1-10(6-14)2-4-11/h1-4,7,9H,5,8H2/p+1. The normalized spacial score (nSPS) is 10.0. The summed E-state index contributed by atoms with van der Waals surface area (Å²) in [5, 5.41) is 8.69. The molecule has 0 atom stereocenters. The Balaban J connectivity index is 2.18. The van der Waals surface area contributed by atoms with Gasteiger partial charge in [-0.1, -0.05) is 12.1 Å². The van der Waals surface area contributed by atoms with E-state index in [2.05, 4.69) is 11.1 Å². The van der Waals surface area contributed by atoms with Gasteiger partial charge in [0.15, 0.2) is 5.69 Å². The molecule has 1 N–H and O–H groups in total. The van der Waals surface area contributed by atoms with Crippen LogP contribution in [0.4, 0.5) is 0 Å². The fraction of sp³-hybridized carbons (Fsp3) is 0.167. The Morgan fingerprint density at radius 1 is 1.31 bits per heavy atom. The zero-order valence-corrected chi connectivity index (χ0v) is 9.41. The first-order valence-electron chi connectivity index (χ1n) is 4.93. The maximum Gasteiger partial charge on any atom is 0.242 e. The molecular weight excluding hydrogens is 222 g/mol. The molecule has 0 bridgehead atoms. The molecule has 0 saturated carbocycles. The highest BCUT2D eigenvalue weighted by Gasteiger charge is 2.07. The Morgan fingerprint density at radius 2 is 2.06 bits per heavy atom. The van der Waals surface area contributed by atoms with Gasteiger partial charge in [-0.3, -0.25) is 0 Å². The number of aromatic amines is 1. The molecule has 0 amide bonds. The smallest absolute Gasteiger partial charge is 0.242 e. The number of benzene rings is 1. The van der Waals surface area contributed by atoms with Crippen LogP contribution in [0.5, 0.6) is 0 Å². The van der Waals surface area contributed by atoms with Crippen LogP contribution in [0, 0.1) is 11.3 Å². The molecule has 1 heterocycles. The number of hydrogen-bond donors (Lipinski definition) is 1. The van der Waals surface area contributed by atoms with Crippen molar-refractivity contribution in [3.05, 3.63) is 53.6 Å². The van der Waals surface area contributed by atoms with Crippen molar-refractivity contribution in [1.29, 1.82) is 5.26 Å². The predicted molar refractivity (Wildman–Crippen MR) is 60.8 cm³/mol. The summed E-state index contributed by atoms with van der Waals surface area (Å²) in [6.07, 6.45) is 3.77. The molecule has 2 aromatic rings. The van der Waals surface area contributed by atoms with Gasteiger partial charge in [-0.25, -0.2) is 9.55 Å². The van der Waals surface area contributed by atoms with Gasteiger partial charge >= 0.3 is 0 Å². The highest BCUT2D eigenvalue weighted by atomic mass is 35.5. The van der Waals surface area contributed by atoms with Gasteiger partial charge in [-0.05, 0) is 17.7 Å². The quantitative estimate of drug-likeness (QED) is 0.638. The lowest BCUT2D eigenvalue weighted by molar-refractivity contribution is -0.693. The molecule has 80 valence electrons. The molecule has 0 aliphatic heterocycles. The van der Waals surface area contributed by atoms with Crippen LogP contribution in [0.1, 0.15) is 16.8 Å². The van der Waals surface area contributed by atoms with Crippen molar-refractivity contribution in [1.82, 2.24) is 4.98 Å². The van der Waals surface area contributed by atoms with Crippen molar-refractivity contribution in [2.75, 3.05) is 0 Å². The minimum absolute atomic E-state index is 0.486. The summed E-state index contributed by atoms with van der Waals surface area (Å²) in [5.74, 6) is 0.486. The third-order valence-corrected chi connectivity index (χ3v) is 2.70. The fourth-order valence-electron chi connectivity index (χ4n) is 1.53. The molecule has 1 aromatic heterocycles. The van der Waals surface area contributed by atoms with Gasteiger partial charge in [-0.15, -0.1) is 11.6 Å². The van der Waals surface area contributed by atoms with Crippen LogP contribution in [0.2, 0.25) is 0 Å². The summed E-state index contributed by atoms with van der Waals surface area (Å²) in [5.41, 5.74) is 2.88. The Labute approximate surface area is 98.9 Å². The van der Waals surface area contributed by atoms with Gasteiger partial charge in [0, 0.05) is 0 Å². The summed E-state index contributed by atoms with van der Waals surface area (Å²) in [6.45, 7) is 0.761. The highest BCUT2D eigenvalue weighted by molar-refractivity contribution is 6.16. The SMILES string of the molecule is N#Cc1ccc(C[n+]2c[nH]cc2CCl)cc1. The van der Waals surface area contributed by atoms with Crippen LogP contribution in [-0.4, -0.2) is 4.98 Å². The van der Waals surface area contributed by atoms with Crippen molar-refractivity contribution in [2.45, 2.75) is 12.4 Å². The van der Waals surface area contributed by atoms with E-state index in [9.17, 15) is 0 Å². The summed E-state index contributed by atoms with van der Waals surface area (Å²) < 4.78 is 2.05.